The van der Waals surface area contributed by atoms with Crippen molar-refractivity contribution in [3.05, 3.63) is 29.8 Å². The van der Waals surface area contributed by atoms with Crippen LogP contribution in [-0.2, 0) is 16.0 Å². The minimum atomic E-state index is 0.162. The topological polar surface area (TPSA) is 38.8 Å². The number of nitrogens with zero attached hydrogens (tertiary/aromatic N) is 1. The van der Waals surface area contributed by atoms with Gasteiger partial charge in [-0.05, 0) is 37.8 Å². The van der Waals surface area contributed by atoms with Gasteiger partial charge in [0.1, 0.15) is 5.75 Å². The second-order valence-corrected chi connectivity index (χ2v) is 5.88. The Morgan fingerprint density at radius 2 is 2.10 bits per heavy atom. The molecular formula is C17H25NO3. The molecule has 0 aromatic heterocycles. The summed E-state index contributed by atoms with van der Waals surface area (Å²) in [6.07, 6.45) is 1.67. The highest BCUT2D eigenvalue weighted by Gasteiger charge is 2.29. The Balaban J connectivity index is 1.98. The maximum Gasteiger partial charge on any atom is 0.223 e. The first-order valence-corrected chi connectivity index (χ1v) is 7.61. The number of para-hydroxylation sites is 1. The number of carbonyl (C=O) groups excluding carboxylic acids is 1. The average molecular weight is 291 g/mol. The minimum absolute atomic E-state index is 0.162. The van der Waals surface area contributed by atoms with Crippen molar-refractivity contribution in [2.24, 2.45) is 5.92 Å². The molecule has 1 aromatic carbocycles. The SMILES string of the molecule is COCCN1C[C@H](Cc2ccccc2OC(C)C)CC1=O. The van der Waals surface area contributed by atoms with Crippen LogP contribution < -0.4 is 4.74 Å². The van der Waals surface area contributed by atoms with Crippen LogP contribution in [0, 0.1) is 5.92 Å². The average Bonchev–Trinajstić information content (AvgIpc) is 2.78. The van der Waals surface area contributed by atoms with Crippen molar-refractivity contribution in [1.82, 2.24) is 4.90 Å². The molecule has 21 heavy (non-hydrogen) atoms. The van der Waals surface area contributed by atoms with Gasteiger partial charge in [0.25, 0.3) is 0 Å². The molecule has 1 aromatic rings. The standard InChI is InChI=1S/C17H25NO3/c1-13(2)21-16-7-5-4-6-15(16)10-14-11-17(19)18(12-14)8-9-20-3/h4-7,13-14H,8-12H2,1-3H3/t14-/m1/s1. The van der Waals surface area contributed by atoms with Gasteiger partial charge in [0.2, 0.25) is 5.91 Å². The van der Waals surface area contributed by atoms with Crippen molar-refractivity contribution in [1.29, 1.82) is 0 Å². The molecule has 1 fully saturated rings. The van der Waals surface area contributed by atoms with Crippen LogP contribution in [0.15, 0.2) is 24.3 Å². The third-order valence-electron chi connectivity index (χ3n) is 3.70. The molecular weight excluding hydrogens is 266 g/mol. The van der Waals surface area contributed by atoms with Crippen LogP contribution in [0.25, 0.3) is 0 Å². The monoisotopic (exact) mass is 291 g/mol. The number of methoxy groups -OCH3 is 1. The van der Waals surface area contributed by atoms with Crippen molar-refractivity contribution in [2.45, 2.75) is 32.8 Å². The van der Waals surface area contributed by atoms with E-state index in [4.69, 9.17) is 9.47 Å². The van der Waals surface area contributed by atoms with Crippen LogP contribution in [0.2, 0.25) is 0 Å². The second-order valence-electron chi connectivity index (χ2n) is 5.88. The molecule has 0 saturated carbocycles. The Labute approximate surface area is 127 Å². The summed E-state index contributed by atoms with van der Waals surface area (Å²) in [5, 5.41) is 0. The highest BCUT2D eigenvalue weighted by Crippen LogP contribution is 2.27. The summed E-state index contributed by atoms with van der Waals surface area (Å²) in [6.45, 7) is 6.17. The van der Waals surface area contributed by atoms with Crippen LogP contribution in [0.5, 0.6) is 5.75 Å². The minimum Gasteiger partial charge on any atom is -0.491 e. The number of amides is 1. The molecule has 0 bridgehead atoms. The lowest BCUT2D eigenvalue weighted by molar-refractivity contribution is -0.128. The summed E-state index contributed by atoms with van der Waals surface area (Å²) in [6, 6.07) is 8.13. The number of benzene rings is 1. The van der Waals surface area contributed by atoms with Gasteiger partial charge in [-0.3, -0.25) is 4.79 Å². The van der Waals surface area contributed by atoms with E-state index in [2.05, 4.69) is 6.07 Å². The van der Waals surface area contributed by atoms with Gasteiger partial charge in [0.05, 0.1) is 12.7 Å². The first-order valence-electron chi connectivity index (χ1n) is 7.61. The Bertz CT molecular complexity index is 473. The fourth-order valence-electron chi connectivity index (χ4n) is 2.76. The number of ether oxygens (including phenoxy) is 2. The summed E-state index contributed by atoms with van der Waals surface area (Å²) < 4.78 is 10.9. The van der Waals surface area contributed by atoms with Crippen molar-refractivity contribution < 1.29 is 14.3 Å². The van der Waals surface area contributed by atoms with Crippen LogP contribution in [0.1, 0.15) is 25.8 Å². The Kier molecular flexibility index (Phi) is 5.62. The summed E-state index contributed by atoms with van der Waals surface area (Å²) in [7, 11) is 1.66. The van der Waals surface area contributed by atoms with E-state index in [0.717, 1.165) is 18.7 Å². The number of carbonyl (C=O) groups is 1. The third kappa shape index (κ3) is 4.46. The lowest BCUT2D eigenvalue weighted by Gasteiger charge is -2.18. The lowest BCUT2D eigenvalue weighted by atomic mass is 9.98. The van der Waals surface area contributed by atoms with Crippen LogP contribution in [-0.4, -0.2) is 43.7 Å². The van der Waals surface area contributed by atoms with Gasteiger partial charge >= 0.3 is 0 Å². The largest absolute Gasteiger partial charge is 0.491 e. The van der Waals surface area contributed by atoms with Gasteiger partial charge < -0.3 is 14.4 Å². The normalized spacial score (nSPS) is 18.6. The first kappa shape index (κ1) is 15.8. The van der Waals surface area contributed by atoms with E-state index < -0.39 is 0 Å². The Hall–Kier alpha value is -1.55. The number of rotatable bonds is 7. The predicted molar refractivity (Wildman–Crippen MR) is 82.5 cm³/mol. The first-order chi connectivity index (χ1) is 10.1. The van der Waals surface area contributed by atoms with Gasteiger partial charge in [-0.15, -0.1) is 0 Å². The molecule has 1 heterocycles. The Morgan fingerprint density at radius 3 is 2.81 bits per heavy atom. The van der Waals surface area contributed by atoms with E-state index in [-0.39, 0.29) is 12.0 Å². The molecule has 0 unspecified atom stereocenters. The molecule has 1 saturated heterocycles. The molecule has 0 radical (unpaired) electrons. The van der Waals surface area contributed by atoms with Gasteiger partial charge in [-0.1, -0.05) is 18.2 Å². The Morgan fingerprint density at radius 1 is 1.33 bits per heavy atom. The molecule has 0 aliphatic carbocycles. The van der Waals surface area contributed by atoms with E-state index in [1.54, 1.807) is 7.11 Å². The maximum atomic E-state index is 12.0. The molecule has 1 atom stereocenters. The van der Waals surface area contributed by atoms with Crippen molar-refractivity contribution in [3.8, 4) is 5.75 Å². The van der Waals surface area contributed by atoms with Gasteiger partial charge in [0.15, 0.2) is 0 Å². The van der Waals surface area contributed by atoms with E-state index in [0.29, 0.717) is 25.5 Å². The summed E-state index contributed by atoms with van der Waals surface area (Å²) in [5.74, 6) is 1.54. The van der Waals surface area contributed by atoms with Crippen molar-refractivity contribution in [3.63, 3.8) is 0 Å². The van der Waals surface area contributed by atoms with Gasteiger partial charge in [0, 0.05) is 26.6 Å². The zero-order chi connectivity index (χ0) is 15.2. The zero-order valence-corrected chi connectivity index (χ0v) is 13.2. The van der Waals surface area contributed by atoms with Crippen molar-refractivity contribution in [2.75, 3.05) is 26.8 Å². The molecule has 4 nitrogen and oxygen atoms in total. The van der Waals surface area contributed by atoms with Crippen molar-refractivity contribution >= 4 is 5.91 Å². The summed E-state index contributed by atoms with van der Waals surface area (Å²) >= 11 is 0. The number of hydrogen-bond acceptors (Lipinski definition) is 3. The fourth-order valence-corrected chi connectivity index (χ4v) is 2.76. The fraction of sp³-hybridized carbons (Fsp3) is 0.588. The molecule has 1 amide bonds. The number of hydrogen-bond donors (Lipinski definition) is 0. The predicted octanol–water partition coefficient (Wildman–Crippen LogP) is 2.51. The zero-order valence-electron chi connectivity index (χ0n) is 13.2. The molecule has 1 aliphatic rings. The van der Waals surface area contributed by atoms with E-state index in [1.807, 2.05) is 36.9 Å². The third-order valence-corrected chi connectivity index (χ3v) is 3.70. The molecule has 2 rings (SSSR count). The summed E-state index contributed by atoms with van der Waals surface area (Å²) in [5.41, 5.74) is 1.19. The van der Waals surface area contributed by atoms with E-state index in [9.17, 15) is 4.79 Å². The van der Waals surface area contributed by atoms with Gasteiger partial charge in [-0.2, -0.15) is 0 Å². The maximum absolute atomic E-state index is 12.0. The van der Waals surface area contributed by atoms with Crippen LogP contribution in [0.4, 0.5) is 0 Å². The van der Waals surface area contributed by atoms with Crippen LogP contribution >= 0.6 is 0 Å². The summed E-state index contributed by atoms with van der Waals surface area (Å²) in [4.78, 5) is 13.9. The molecule has 4 heteroatoms. The second kappa shape index (κ2) is 7.46. The molecule has 0 N–H and O–H groups in total. The lowest BCUT2D eigenvalue weighted by Crippen LogP contribution is -2.28. The van der Waals surface area contributed by atoms with E-state index >= 15 is 0 Å². The number of likely N-dealkylation sites (tertiary alicyclic amines) is 1. The van der Waals surface area contributed by atoms with Crippen LogP contribution in [0.3, 0.4) is 0 Å². The van der Waals surface area contributed by atoms with Gasteiger partial charge in [-0.25, -0.2) is 0 Å². The highest BCUT2D eigenvalue weighted by atomic mass is 16.5. The molecule has 0 spiro atoms. The van der Waals surface area contributed by atoms with E-state index in [1.165, 1.54) is 5.56 Å². The smallest absolute Gasteiger partial charge is 0.223 e. The quantitative estimate of drug-likeness (QED) is 0.775. The molecule has 1 aliphatic heterocycles. The highest BCUT2D eigenvalue weighted by molar-refractivity contribution is 5.78. The molecule has 116 valence electrons.